The second-order valence-electron chi connectivity index (χ2n) is 8.76. The molecule has 0 aliphatic heterocycles. The minimum absolute atomic E-state index is 0.0820. The highest BCUT2D eigenvalue weighted by Crippen LogP contribution is 2.19. The number of hydrogen-bond donors (Lipinski definition) is 3. The van der Waals surface area contributed by atoms with Crippen molar-refractivity contribution in [3.63, 3.8) is 0 Å². The number of nitrogens with two attached hydrogens (primary N) is 1. The molecule has 0 saturated carbocycles. The lowest BCUT2D eigenvalue weighted by Crippen LogP contribution is -2.31. The lowest BCUT2D eigenvalue weighted by molar-refractivity contribution is -0.140. The van der Waals surface area contributed by atoms with Crippen LogP contribution in [0.1, 0.15) is 51.1 Å². The number of carbonyl (C=O) groups is 3. The van der Waals surface area contributed by atoms with Gasteiger partial charge in [0, 0.05) is 39.8 Å². The Labute approximate surface area is 237 Å². The summed E-state index contributed by atoms with van der Waals surface area (Å²) in [7, 11) is -0.133. The smallest absolute Gasteiger partial charge is 0.305 e. The Kier molecular flexibility index (Phi) is 10.4. The predicted molar refractivity (Wildman–Crippen MR) is 155 cm³/mol. The van der Waals surface area contributed by atoms with Gasteiger partial charge in [-0.25, -0.2) is 13.6 Å². The third-order valence-corrected chi connectivity index (χ3v) is 7.07. The largest absolute Gasteiger partial charge is 0.497 e. The van der Waals surface area contributed by atoms with Gasteiger partial charge in [-0.05, 0) is 60.7 Å². The summed E-state index contributed by atoms with van der Waals surface area (Å²) in [4.78, 5) is 40.6. The van der Waals surface area contributed by atoms with Crippen molar-refractivity contribution in [2.75, 3.05) is 31.5 Å². The van der Waals surface area contributed by atoms with E-state index < -0.39 is 27.3 Å². The molecule has 0 saturated heterocycles. The van der Waals surface area contributed by atoms with Gasteiger partial charge in [-0.3, -0.25) is 19.1 Å². The number of aromatic nitrogens is 1. The topological polar surface area (TPSA) is 150 Å². The van der Waals surface area contributed by atoms with Crippen molar-refractivity contribution in [2.24, 2.45) is 0 Å². The number of rotatable bonds is 9. The number of methoxy groups -OCH3 is 2. The van der Waals surface area contributed by atoms with E-state index in [-0.39, 0.29) is 34.9 Å². The van der Waals surface area contributed by atoms with Gasteiger partial charge in [0.15, 0.2) is 0 Å². The summed E-state index contributed by atoms with van der Waals surface area (Å²) >= 11 is 0. The Hall–Kier alpha value is -4.89. The van der Waals surface area contributed by atoms with Gasteiger partial charge in [0.05, 0.1) is 30.9 Å². The molecule has 0 radical (unpaired) electrons. The predicted octanol–water partition coefficient (Wildman–Crippen LogP) is 3.17. The number of anilines is 2. The summed E-state index contributed by atoms with van der Waals surface area (Å²) in [5, 5.41) is 4.08. The van der Waals surface area contributed by atoms with Crippen LogP contribution in [0, 0.1) is 17.7 Å². The third-order valence-electron chi connectivity index (χ3n) is 5.60. The standard InChI is InChI=1S/C29H29FN4O6S/c1-39-23-12-13-25(30)24(17-23)29(37)33-22-8-6-7-19(15-22)10-11-20-16-21(18-32-27(20)31)28(36)34-41(3,38)14-5-4-9-26(35)40-2/h6-8,12-18H,4-5,9H2,1-3H3,(H2,31,32)(H,33,37)(H,34,36,38). The summed E-state index contributed by atoms with van der Waals surface area (Å²) in [6, 6.07) is 11.8. The molecule has 41 heavy (non-hydrogen) atoms. The van der Waals surface area contributed by atoms with E-state index in [2.05, 4.69) is 31.6 Å². The molecule has 0 spiro atoms. The van der Waals surface area contributed by atoms with Crippen LogP contribution in [0.25, 0.3) is 0 Å². The first-order valence-electron chi connectivity index (χ1n) is 12.2. The molecule has 0 aliphatic carbocycles. The van der Waals surface area contributed by atoms with Gasteiger partial charge in [-0.15, -0.1) is 0 Å². The molecule has 1 unspecified atom stereocenters. The van der Waals surface area contributed by atoms with Gasteiger partial charge in [0.2, 0.25) is 0 Å². The number of nitrogens with one attached hydrogen (secondary N) is 2. The highest BCUT2D eigenvalue weighted by atomic mass is 32.2. The SMILES string of the molecule is COC(=O)CCCC=S(C)(=O)NC(=O)c1cnc(N)c(C#Cc2cccc(NC(=O)c3cc(OC)ccc3F)c2)c1. The van der Waals surface area contributed by atoms with Crippen molar-refractivity contribution in [3.05, 3.63) is 82.8 Å². The Balaban J connectivity index is 1.73. The van der Waals surface area contributed by atoms with Crippen LogP contribution in [0.3, 0.4) is 0 Å². The molecule has 0 aliphatic rings. The zero-order chi connectivity index (χ0) is 30.0. The average molecular weight is 581 g/mol. The third kappa shape index (κ3) is 9.08. The molecule has 1 atom stereocenters. The molecule has 214 valence electrons. The molecule has 1 heterocycles. The molecule has 2 aromatic carbocycles. The lowest BCUT2D eigenvalue weighted by Gasteiger charge is -2.09. The van der Waals surface area contributed by atoms with E-state index in [0.29, 0.717) is 29.8 Å². The summed E-state index contributed by atoms with van der Waals surface area (Å²) in [6.07, 6.45) is 3.57. The quantitative estimate of drug-likeness (QED) is 0.151. The number of halogens is 1. The summed E-state index contributed by atoms with van der Waals surface area (Å²) in [5.74, 6) is 3.82. The monoisotopic (exact) mass is 580 g/mol. The maximum Gasteiger partial charge on any atom is 0.305 e. The Morgan fingerprint density at radius 3 is 2.61 bits per heavy atom. The van der Waals surface area contributed by atoms with Crippen molar-refractivity contribution in [2.45, 2.75) is 19.3 Å². The van der Waals surface area contributed by atoms with Crippen molar-refractivity contribution < 1.29 is 32.5 Å². The average Bonchev–Trinajstić information content (AvgIpc) is 2.94. The number of ether oxygens (including phenoxy) is 2. The molecule has 2 amide bonds. The van der Waals surface area contributed by atoms with Crippen LogP contribution in [0.15, 0.2) is 54.7 Å². The Bertz CT molecular complexity index is 1650. The number of unbranched alkanes of at least 4 members (excludes halogenated alkanes) is 1. The minimum atomic E-state index is -2.84. The van der Waals surface area contributed by atoms with Crippen LogP contribution in [-0.4, -0.2) is 52.8 Å². The molecular weight excluding hydrogens is 551 g/mol. The molecule has 0 bridgehead atoms. The molecule has 1 aromatic heterocycles. The number of esters is 1. The van der Waals surface area contributed by atoms with Crippen molar-refractivity contribution in [1.82, 2.24) is 9.71 Å². The molecule has 3 rings (SSSR count). The van der Waals surface area contributed by atoms with Crippen molar-refractivity contribution in [1.29, 1.82) is 0 Å². The summed E-state index contributed by atoms with van der Waals surface area (Å²) < 4.78 is 39.0. The minimum Gasteiger partial charge on any atom is -0.497 e. The number of nitrogen functional groups attached to an aromatic ring is 1. The molecular formula is C29H29FN4O6S. The molecule has 10 nitrogen and oxygen atoms in total. The normalized spacial score (nSPS) is 11.7. The van der Waals surface area contributed by atoms with E-state index in [4.69, 9.17) is 10.5 Å². The van der Waals surface area contributed by atoms with Crippen LogP contribution >= 0.6 is 0 Å². The van der Waals surface area contributed by atoms with E-state index in [0.717, 1.165) is 6.07 Å². The molecule has 12 heteroatoms. The van der Waals surface area contributed by atoms with Gasteiger partial charge < -0.3 is 20.5 Å². The highest BCUT2D eigenvalue weighted by Gasteiger charge is 2.14. The van der Waals surface area contributed by atoms with Crippen LogP contribution in [0.2, 0.25) is 0 Å². The lowest BCUT2D eigenvalue weighted by atomic mass is 10.1. The van der Waals surface area contributed by atoms with Crippen LogP contribution in [-0.2, 0) is 19.2 Å². The summed E-state index contributed by atoms with van der Waals surface area (Å²) in [6.45, 7) is 0. The number of benzene rings is 2. The first kappa shape index (κ1) is 30.6. The zero-order valence-electron chi connectivity index (χ0n) is 22.7. The van der Waals surface area contributed by atoms with Gasteiger partial charge in [-0.2, -0.15) is 0 Å². The summed E-state index contributed by atoms with van der Waals surface area (Å²) in [5.41, 5.74) is 7.01. The number of carbonyl (C=O) groups excluding carboxylic acids is 3. The number of hydrogen-bond acceptors (Lipinski definition) is 8. The van der Waals surface area contributed by atoms with Crippen molar-refractivity contribution in [3.8, 4) is 17.6 Å². The Morgan fingerprint density at radius 1 is 1.10 bits per heavy atom. The maximum atomic E-state index is 14.2. The number of pyridine rings is 1. The van der Waals surface area contributed by atoms with Crippen molar-refractivity contribution >= 4 is 44.4 Å². The number of amides is 2. The molecule has 4 N–H and O–H groups in total. The van der Waals surface area contributed by atoms with E-state index in [1.165, 1.54) is 50.2 Å². The van der Waals surface area contributed by atoms with E-state index in [9.17, 15) is 23.0 Å². The molecule has 3 aromatic rings. The Morgan fingerprint density at radius 2 is 1.88 bits per heavy atom. The van der Waals surface area contributed by atoms with Gasteiger partial charge >= 0.3 is 5.97 Å². The fourth-order valence-corrected chi connectivity index (χ4v) is 4.64. The first-order valence-corrected chi connectivity index (χ1v) is 14.3. The van der Waals surface area contributed by atoms with E-state index in [1.54, 1.807) is 24.3 Å². The first-order chi connectivity index (χ1) is 19.5. The zero-order valence-corrected chi connectivity index (χ0v) is 23.5. The van der Waals surface area contributed by atoms with Gasteiger partial charge in [0.1, 0.15) is 17.4 Å². The van der Waals surface area contributed by atoms with E-state index in [1.807, 2.05) is 0 Å². The van der Waals surface area contributed by atoms with Crippen LogP contribution in [0.4, 0.5) is 15.9 Å². The maximum absolute atomic E-state index is 14.2. The fraction of sp³-hybridized carbons (Fsp3) is 0.207. The van der Waals surface area contributed by atoms with E-state index >= 15 is 0 Å². The van der Waals surface area contributed by atoms with Gasteiger partial charge in [-0.1, -0.05) is 17.9 Å². The van der Waals surface area contributed by atoms with Crippen LogP contribution < -0.4 is 20.5 Å². The second-order valence-corrected chi connectivity index (χ2v) is 11.1. The number of nitrogens with zero attached hydrogens (tertiary/aromatic N) is 1. The van der Waals surface area contributed by atoms with Gasteiger partial charge in [0.25, 0.3) is 11.8 Å². The fourth-order valence-electron chi connectivity index (χ4n) is 3.46. The van der Waals surface area contributed by atoms with Crippen LogP contribution in [0.5, 0.6) is 5.75 Å². The molecule has 0 fully saturated rings. The second kappa shape index (κ2) is 14.0. The highest BCUT2D eigenvalue weighted by molar-refractivity contribution is 7.99.